The van der Waals surface area contributed by atoms with Crippen molar-refractivity contribution < 1.29 is 9.53 Å². The molecule has 1 amide bonds. The zero-order valence-corrected chi connectivity index (χ0v) is 17.9. The third kappa shape index (κ3) is 5.04. The SMILES string of the molecule is CN=C(NCc1scnc1C)N1CCN(C(=O)C2CCCO2)CC1.I. The number of amides is 1. The molecule has 1 N–H and O–H groups in total. The monoisotopic (exact) mass is 479 g/mol. The zero-order chi connectivity index (χ0) is 16.9. The molecule has 2 aliphatic heterocycles. The lowest BCUT2D eigenvalue weighted by atomic mass is 10.2. The molecule has 7 nitrogen and oxygen atoms in total. The number of nitrogens with zero attached hydrogens (tertiary/aromatic N) is 4. The highest BCUT2D eigenvalue weighted by molar-refractivity contribution is 14.0. The lowest BCUT2D eigenvalue weighted by molar-refractivity contribution is -0.142. The molecule has 3 heterocycles. The summed E-state index contributed by atoms with van der Waals surface area (Å²) >= 11 is 1.65. The quantitative estimate of drug-likeness (QED) is 0.404. The van der Waals surface area contributed by atoms with Gasteiger partial charge in [-0.3, -0.25) is 9.79 Å². The van der Waals surface area contributed by atoms with E-state index in [2.05, 4.69) is 20.2 Å². The van der Waals surface area contributed by atoms with Crippen LogP contribution in [0.5, 0.6) is 0 Å². The third-order valence-electron chi connectivity index (χ3n) is 4.56. The zero-order valence-electron chi connectivity index (χ0n) is 14.7. The van der Waals surface area contributed by atoms with Crippen LogP contribution in [0, 0.1) is 6.92 Å². The summed E-state index contributed by atoms with van der Waals surface area (Å²) in [5.74, 6) is 1.03. The molecule has 2 saturated heterocycles. The molecule has 0 saturated carbocycles. The molecule has 0 aliphatic carbocycles. The van der Waals surface area contributed by atoms with Gasteiger partial charge in [-0.15, -0.1) is 35.3 Å². The number of nitrogens with one attached hydrogen (secondary N) is 1. The van der Waals surface area contributed by atoms with Crippen LogP contribution in [-0.4, -0.2) is 72.6 Å². The second-order valence-corrected chi connectivity index (χ2v) is 7.02. The highest BCUT2D eigenvalue weighted by atomic mass is 127. The number of piperazine rings is 1. The summed E-state index contributed by atoms with van der Waals surface area (Å²) in [6, 6.07) is 0. The van der Waals surface area contributed by atoms with Gasteiger partial charge in [-0.25, -0.2) is 4.98 Å². The Balaban J connectivity index is 0.00000225. The van der Waals surface area contributed by atoms with Gasteiger partial charge in [-0.1, -0.05) is 0 Å². The molecule has 1 atom stereocenters. The summed E-state index contributed by atoms with van der Waals surface area (Å²) in [5.41, 5.74) is 2.93. The Morgan fingerprint density at radius 3 is 2.68 bits per heavy atom. The van der Waals surface area contributed by atoms with Crippen molar-refractivity contribution in [3.8, 4) is 0 Å². The van der Waals surface area contributed by atoms with E-state index in [0.717, 1.165) is 57.2 Å². The molecular weight excluding hydrogens is 453 g/mol. The summed E-state index contributed by atoms with van der Waals surface area (Å²) in [6.45, 7) is 6.49. The first-order valence-corrected chi connectivity index (χ1v) is 9.32. The standard InChI is InChI=1S/C16H25N5O2S.HI/c1-12-14(24-11-19-12)10-18-16(17-2)21-7-5-20(6-8-21)15(22)13-4-3-9-23-13;/h11,13H,3-10H2,1-2H3,(H,17,18);1H. The molecule has 1 unspecified atom stereocenters. The van der Waals surface area contributed by atoms with E-state index in [9.17, 15) is 4.79 Å². The van der Waals surface area contributed by atoms with Gasteiger partial charge in [-0.05, 0) is 19.8 Å². The van der Waals surface area contributed by atoms with Crippen molar-refractivity contribution in [2.45, 2.75) is 32.4 Å². The molecule has 2 fully saturated rings. The normalized spacial score (nSPS) is 21.2. The first-order valence-electron chi connectivity index (χ1n) is 8.44. The molecule has 1 aromatic rings. The Morgan fingerprint density at radius 1 is 1.40 bits per heavy atom. The van der Waals surface area contributed by atoms with Gasteiger partial charge in [-0.2, -0.15) is 0 Å². The van der Waals surface area contributed by atoms with Crippen LogP contribution >= 0.6 is 35.3 Å². The van der Waals surface area contributed by atoms with Gasteiger partial charge in [0.25, 0.3) is 5.91 Å². The van der Waals surface area contributed by atoms with Crippen LogP contribution in [-0.2, 0) is 16.1 Å². The van der Waals surface area contributed by atoms with Crippen molar-refractivity contribution in [3.63, 3.8) is 0 Å². The second-order valence-electron chi connectivity index (χ2n) is 6.08. The predicted octanol–water partition coefficient (Wildman–Crippen LogP) is 1.47. The Bertz CT molecular complexity index is 595. The van der Waals surface area contributed by atoms with Gasteiger partial charge in [0.05, 0.1) is 17.7 Å². The van der Waals surface area contributed by atoms with E-state index in [1.165, 1.54) is 4.88 Å². The molecule has 0 aromatic carbocycles. The van der Waals surface area contributed by atoms with E-state index in [-0.39, 0.29) is 36.0 Å². The van der Waals surface area contributed by atoms with Crippen LogP contribution in [0.15, 0.2) is 10.5 Å². The maximum absolute atomic E-state index is 12.4. The molecule has 140 valence electrons. The molecule has 0 radical (unpaired) electrons. The summed E-state index contributed by atoms with van der Waals surface area (Å²) in [7, 11) is 1.80. The summed E-state index contributed by atoms with van der Waals surface area (Å²) in [5, 5.41) is 3.40. The number of aliphatic imine (C=N–C) groups is 1. The number of halogens is 1. The van der Waals surface area contributed by atoms with Crippen molar-refractivity contribution in [3.05, 3.63) is 16.1 Å². The van der Waals surface area contributed by atoms with E-state index in [0.29, 0.717) is 6.61 Å². The number of hydrogen-bond donors (Lipinski definition) is 1. The van der Waals surface area contributed by atoms with Crippen LogP contribution in [0.4, 0.5) is 0 Å². The van der Waals surface area contributed by atoms with Crippen molar-refractivity contribution in [2.75, 3.05) is 39.8 Å². The molecule has 1 aromatic heterocycles. The fourth-order valence-corrected chi connectivity index (χ4v) is 3.82. The number of guanidine groups is 1. The first-order chi connectivity index (χ1) is 11.7. The van der Waals surface area contributed by atoms with Crippen LogP contribution in [0.2, 0.25) is 0 Å². The van der Waals surface area contributed by atoms with Gasteiger partial charge in [0.2, 0.25) is 0 Å². The number of carbonyl (C=O) groups excluding carboxylic acids is 1. The van der Waals surface area contributed by atoms with E-state index >= 15 is 0 Å². The number of rotatable bonds is 3. The molecular formula is C16H26IN5O2S. The fraction of sp³-hybridized carbons (Fsp3) is 0.688. The van der Waals surface area contributed by atoms with Crippen LogP contribution in [0.3, 0.4) is 0 Å². The Hall–Kier alpha value is -0.940. The summed E-state index contributed by atoms with van der Waals surface area (Å²) in [4.78, 5) is 26.4. The molecule has 0 bridgehead atoms. The summed E-state index contributed by atoms with van der Waals surface area (Å²) in [6.07, 6.45) is 1.63. The smallest absolute Gasteiger partial charge is 0.251 e. The van der Waals surface area contributed by atoms with Gasteiger partial charge in [0.1, 0.15) is 6.10 Å². The van der Waals surface area contributed by atoms with Crippen molar-refractivity contribution in [1.82, 2.24) is 20.1 Å². The minimum atomic E-state index is -0.219. The van der Waals surface area contributed by atoms with Crippen LogP contribution in [0.25, 0.3) is 0 Å². The molecule has 0 spiro atoms. The number of aromatic nitrogens is 1. The highest BCUT2D eigenvalue weighted by Gasteiger charge is 2.30. The topological polar surface area (TPSA) is 70.1 Å². The molecule has 3 rings (SSSR count). The maximum atomic E-state index is 12.4. The van der Waals surface area contributed by atoms with Crippen molar-refractivity contribution in [1.29, 1.82) is 0 Å². The van der Waals surface area contributed by atoms with Crippen LogP contribution < -0.4 is 5.32 Å². The summed E-state index contributed by atoms with van der Waals surface area (Å²) < 4.78 is 5.51. The second kappa shape index (κ2) is 9.67. The average Bonchev–Trinajstić information content (AvgIpc) is 3.27. The minimum Gasteiger partial charge on any atom is -0.368 e. The average molecular weight is 479 g/mol. The fourth-order valence-electron chi connectivity index (χ4n) is 3.10. The van der Waals surface area contributed by atoms with Crippen LogP contribution in [0.1, 0.15) is 23.4 Å². The third-order valence-corrected chi connectivity index (χ3v) is 5.49. The van der Waals surface area contributed by atoms with E-state index in [1.54, 1.807) is 18.4 Å². The lowest BCUT2D eigenvalue weighted by Crippen LogP contribution is -2.55. The van der Waals surface area contributed by atoms with E-state index in [1.807, 2.05) is 17.3 Å². The number of aryl methyl sites for hydroxylation is 1. The number of thiazole rings is 1. The Morgan fingerprint density at radius 2 is 2.12 bits per heavy atom. The number of ether oxygens (including phenoxy) is 1. The Labute approximate surface area is 169 Å². The molecule has 25 heavy (non-hydrogen) atoms. The van der Waals surface area contributed by atoms with Gasteiger partial charge >= 0.3 is 0 Å². The van der Waals surface area contributed by atoms with Gasteiger partial charge in [0, 0.05) is 44.7 Å². The minimum absolute atomic E-state index is 0. The number of hydrogen-bond acceptors (Lipinski definition) is 5. The first kappa shape index (κ1) is 20.4. The molecule has 9 heteroatoms. The van der Waals surface area contributed by atoms with Crippen molar-refractivity contribution in [2.24, 2.45) is 4.99 Å². The lowest BCUT2D eigenvalue weighted by Gasteiger charge is -2.37. The largest absolute Gasteiger partial charge is 0.368 e. The van der Waals surface area contributed by atoms with E-state index < -0.39 is 0 Å². The highest BCUT2D eigenvalue weighted by Crippen LogP contribution is 2.16. The predicted molar refractivity (Wildman–Crippen MR) is 110 cm³/mol. The number of carbonyl (C=O) groups is 1. The maximum Gasteiger partial charge on any atom is 0.251 e. The molecule has 2 aliphatic rings. The van der Waals surface area contributed by atoms with Crippen molar-refractivity contribution >= 4 is 47.2 Å². The van der Waals surface area contributed by atoms with Gasteiger partial charge < -0.3 is 19.9 Å². The van der Waals surface area contributed by atoms with Gasteiger partial charge in [0.15, 0.2) is 5.96 Å². The van der Waals surface area contributed by atoms with E-state index in [4.69, 9.17) is 4.74 Å². The Kier molecular flexibility index (Phi) is 7.88.